The Bertz CT molecular complexity index is 1140. The van der Waals surface area contributed by atoms with Crippen LogP contribution in [0.1, 0.15) is 34.5 Å². The Morgan fingerprint density at radius 2 is 1.94 bits per heavy atom. The van der Waals surface area contributed by atoms with Crippen LogP contribution in [0.4, 0.5) is 4.39 Å². The van der Waals surface area contributed by atoms with Crippen LogP contribution in [0.3, 0.4) is 0 Å². The van der Waals surface area contributed by atoms with Gasteiger partial charge >= 0.3 is 0 Å². The number of halogens is 1. The minimum Gasteiger partial charge on any atom is -0.411 e. The molecule has 0 saturated heterocycles. The number of hydrogen-bond donors (Lipinski definition) is 3. The number of rotatable bonds is 9. The van der Waals surface area contributed by atoms with E-state index in [4.69, 9.17) is 10.4 Å². The van der Waals surface area contributed by atoms with Crippen molar-refractivity contribution >= 4 is 17.6 Å². The molecule has 0 fully saturated rings. The normalized spacial score (nSPS) is 12.1. The number of aryl methyl sites for hydroxylation is 2. The molecule has 33 heavy (non-hydrogen) atoms. The standard InChI is InChI=1S/C23H25FN6O3/c1-15-12-17(9-10-18(15)24)13-20(28-32)22-19(29-33-30-22)8-5-11-26-23(25)27-21(31)14-16-6-3-2-4-7-16/h2-4,6-7,9-10,12,32H,5,8,11,13-14H2,1H3,(H3,25,26,27,31)/b28-20+. The first kappa shape index (κ1) is 23.6. The van der Waals surface area contributed by atoms with Gasteiger partial charge in [0.1, 0.15) is 17.2 Å². The van der Waals surface area contributed by atoms with E-state index in [1.54, 1.807) is 19.1 Å². The third-order valence-electron chi connectivity index (χ3n) is 4.87. The van der Waals surface area contributed by atoms with E-state index in [9.17, 15) is 14.4 Å². The van der Waals surface area contributed by atoms with E-state index in [1.807, 2.05) is 30.3 Å². The SMILES string of the molecule is Cc1cc(C/C(=N\O)c2nonc2CCCN=C(N)NC(=O)Cc2ccccc2)ccc1F. The molecule has 2 aromatic carbocycles. The van der Waals surface area contributed by atoms with Gasteiger partial charge in [-0.2, -0.15) is 0 Å². The number of carbonyl (C=O) groups is 1. The molecule has 1 amide bonds. The Kier molecular flexibility index (Phi) is 8.23. The predicted octanol–water partition coefficient (Wildman–Crippen LogP) is 2.54. The number of nitrogens with zero attached hydrogens (tertiary/aromatic N) is 4. The van der Waals surface area contributed by atoms with Crippen molar-refractivity contribution in [2.45, 2.75) is 32.6 Å². The molecule has 0 radical (unpaired) electrons. The number of aliphatic imine (C=N–C) groups is 1. The third-order valence-corrected chi connectivity index (χ3v) is 4.87. The van der Waals surface area contributed by atoms with E-state index in [0.717, 1.165) is 11.1 Å². The Labute approximate surface area is 190 Å². The Morgan fingerprint density at radius 3 is 2.67 bits per heavy atom. The number of amides is 1. The first-order valence-electron chi connectivity index (χ1n) is 10.4. The first-order valence-corrected chi connectivity index (χ1v) is 10.4. The number of guanidine groups is 1. The summed E-state index contributed by atoms with van der Waals surface area (Å²) in [6.45, 7) is 2.00. The lowest BCUT2D eigenvalue weighted by Gasteiger charge is -2.06. The van der Waals surface area contributed by atoms with Crippen LogP contribution in [0, 0.1) is 12.7 Å². The summed E-state index contributed by atoms with van der Waals surface area (Å²) in [6.07, 6.45) is 1.43. The van der Waals surface area contributed by atoms with Crippen LogP contribution in [0.15, 0.2) is 63.3 Å². The highest BCUT2D eigenvalue weighted by molar-refractivity contribution is 6.00. The summed E-state index contributed by atoms with van der Waals surface area (Å²) < 4.78 is 18.3. The Morgan fingerprint density at radius 1 is 1.15 bits per heavy atom. The lowest BCUT2D eigenvalue weighted by atomic mass is 10.0. The molecule has 4 N–H and O–H groups in total. The first-order chi connectivity index (χ1) is 16.0. The van der Waals surface area contributed by atoms with Gasteiger partial charge < -0.3 is 10.9 Å². The van der Waals surface area contributed by atoms with Crippen molar-refractivity contribution in [2.75, 3.05) is 6.54 Å². The molecule has 0 saturated carbocycles. The van der Waals surface area contributed by atoms with Gasteiger partial charge in [0.05, 0.1) is 6.42 Å². The Balaban J connectivity index is 1.51. The van der Waals surface area contributed by atoms with Crippen molar-refractivity contribution < 1.29 is 19.0 Å². The maximum atomic E-state index is 13.5. The molecular weight excluding hydrogens is 427 g/mol. The molecule has 3 aromatic rings. The fourth-order valence-corrected chi connectivity index (χ4v) is 3.22. The molecule has 0 bridgehead atoms. The summed E-state index contributed by atoms with van der Waals surface area (Å²) in [5.74, 6) is -0.509. The summed E-state index contributed by atoms with van der Waals surface area (Å²) in [7, 11) is 0. The van der Waals surface area contributed by atoms with Crippen molar-refractivity contribution in [1.82, 2.24) is 15.6 Å². The fourth-order valence-electron chi connectivity index (χ4n) is 3.22. The second-order valence-corrected chi connectivity index (χ2v) is 7.45. The van der Waals surface area contributed by atoms with Crippen molar-refractivity contribution in [3.05, 3.63) is 82.4 Å². The molecule has 0 aliphatic carbocycles. The van der Waals surface area contributed by atoms with Gasteiger partial charge in [-0.25, -0.2) is 9.02 Å². The van der Waals surface area contributed by atoms with Crippen LogP contribution in [0.2, 0.25) is 0 Å². The zero-order valence-corrected chi connectivity index (χ0v) is 18.2. The van der Waals surface area contributed by atoms with E-state index in [0.29, 0.717) is 36.3 Å². The molecule has 0 aliphatic heterocycles. The molecule has 1 heterocycles. The second-order valence-electron chi connectivity index (χ2n) is 7.45. The third kappa shape index (κ3) is 6.96. The fraction of sp³-hybridized carbons (Fsp3) is 0.261. The van der Waals surface area contributed by atoms with Gasteiger partial charge in [0, 0.05) is 13.0 Å². The molecule has 0 aliphatic rings. The summed E-state index contributed by atoms with van der Waals surface area (Å²) >= 11 is 0. The minimum atomic E-state index is -0.305. The lowest BCUT2D eigenvalue weighted by Crippen LogP contribution is -2.37. The van der Waals surface area contributed by atoms with Crippen molar-refractivity contribution in [3.63, 3.8) is 0 Å². The van der Waals surface area contributed by atoms with E-state index < -0.39 is 0 Å². The minimum absolute atomic E-state index is 0.0405. The van der Waals surface area contributed by atoms with Crippen molar-refractivity contribution in [2.24, 2.45) is 15.9 Å². The van der Waals surface area contributed by atoms with Gasteiger partial charge in [0.15, 0.2) is 11.7 Å². The number of nitrogens with one attached hydrogen (secondary N) is 1. The van der Waals surface area contributed by atoms with Gasteiger partial charge in [0.25, 0.3) is 0 Å². The van der Waals surface area contributed by atoms with Gasteiger partial charge in [-0.1, -0.05) is 52.8 Å². The molecule has 10 heteroatoms. The zero-order chi connectivity index (χ0) is 23.6. The largest absolute Gasteiger partial charge is 0.411 e. The maximum absolute atomic E-state index is 13.5. The van der Waals surface area contributed by atoms with Crippen molar-refractivity contribution in [1.29, 1.82) is 0 Å². The maximum Gasteiger partial charge on any atom is 0.231 e. The quantitative estimate of drug-likeness (QED) is 0.150. The van der Waals surface area contributed by atoms with Crippen LogP contribution in [-0.4, -0.2) is 39.6 Å². The number of hydrogen-bond acceptors (Lipinski definition) is 7. The molecule has 0 unspecified atom stereocenters. The topological polar surface area (TPSA) is 139 Å². The van der Waals surface area contributed by atoms with Crippen LogP contribution in [0.25, 0.3) is 0 Å². The number of benzene rings is 2. The Hall–Kier alpha value is -4.08. The van der Waals surface area contributed by atoms with Gasteiger partial charge in [-0.15, -0.1) is 0 Å². The van der Waals surface area contributed by atoms with E-state index in [1.165, 1.54) is 6.07 Å². The van der Waals surface area contributed by atoms with Gasteiger partial charge in [-0.05, 0) is 47.7 Å². The highest BCUT2D eigenvalue weighted by Gasteiger charge is 2.18. The highest BCUT2D eigenvalue weighted by Crippen LogP contribution is 2.15. The van der Waals surface area contributed by atoms with Crippen LogP contribution < -0.4 is 11.1 Å². The van der Waals surface area contributed by atoms with Gasteiger partial charge in [0.2, 0.25) is 5.91 Å². The average Bonchev–Trinajstić information content (AvgIpc) is 3.26. The molecule has 0 atom stereocenters. The summed E-state index contributed by atoms with van der Waals surface area (Å²) in [5.41, 5.74) is 9.02. The zero-order valence-electron chi connectivity index (χ0n) is 18.2. The summed E-state index contributed by atoms with van der Waals surface area (Å²) in [5, 5.41) is 23.1. The number of nitrogens with two attached hydrogens (primary N) is 1. The van der Waals surface area contributed by atoms with Crippen LogP contribution in [0.5, 0.6) is 0 Å². The summed E-state index contributed by atoms with van der Waals surface area (Å²) in [6, 6.07) is 14.0. The predicted molar refractivity (Wildman–Crippen MR) is 121 cm³/mol. The lowest BCUT2D eigenvalue weighted by molar-refractivity contribution is -0.119. The van der Waals surface area contributed by atoms with E-state index in [2.05, 4.69) is 25.8 Å². The number of oxime groups is 1. The van der Waals surface area contributed by atoms with Crippen LogP contribution >= 0.6 is 0 Å². The molecule has 9 nitrogen and oxygen atoms in total. The van der Waals surface area contributed by atoms with Gasteiger partial charge in [-0.3, -0.25) is 15.1 Å². The molecule has 3 rings (SSSR count). The molecule has 172 valence electrons. The summed E-state index contributed by atoms with van der Waals surface area (Å²) in [4.78, 5) is 16.2. The monoisotopic (exact) mass is 452 g/mol. The van der Waals surface area contributed by atoms with Crippen molar-refractivity contribution in [3.8, 4) is 0 Å². The van der Waals surface area contributed by atoms with E-state index in [-0.39, 0.29) is 36.2 Å². The van der Waals surface area contributed by atoms with E-state index >= 15 is 0 Å². The second kappa shape index (κ2) is 11.5. The molecular formula is C23H25FN6O3. The number of aromatic nitrogens is 2. The molecule has 1 aromatic heterocycles. The van der Waals surface area contributed by atoms with Crippen LogP contribution in [-0.2, 0) is 24.1 Å². The average molecular weight is 452 g/mol. The number of carbonyl (C=O) groups excluding carboxylic acids is 1. The highest BCUT2D eigenvalue weighted by atomic mass is 19.1. The smallest absolute Gasteiger partial charge is 0.231 e. The molecule has 0 spiro atoms.